The molecule has 1 saturated heterocycles. The van der Waals surface area contributed by atoms with Gasteiger partial charge in [-0.2, -0.15) is 13.2 Å². The zero-order valence-corrected chi connectivity index (χ0v) is 20.2. The van der Waals surface area contributed by atoms with E-state index in [1.807, 2.05) is 0 Å². The molecule has 5 nitrogen and oxygen atoms in total. The van der Waals surface area contributed by atoms with Gasteiger partial charge in [0.1, 0.15) is 11.5 Å². The molecule has 186 valence electrons. The summed E-state index contributed by atoms with van der Waals surface area (Å²) in [6, 6.07) is 14.1. The van der Waals surface area contributed by atoms with Crippen LogP contribution in [0.15, 0.2) is 72.3 Å². The van der Waals surface area contributed by atoms with Crippen molar-refractivity contribution in [1.82, 2.24) is 4.90 Å². The molecule has 1 unspecified atom stereocenters. The lowest BCUT2D eigenvalue weighted by atomic mass is 9.95. The van der Waals surface area contributed by atoms with Crippen LogP contribution in [0.4, 0.5) is 13.2 Å². The predicted molar refractivity (Wildman–Crippen MR) is 129 cm³/mol. The molecule has 1 atom stereocenters. The predicted octanol–water partition coefficient (Wildman–Crippen LogP) is 6.64. The average molecular weight is 536 g/mol. The first-order chi connectivity index (χ1) is 17.0. The first kappa shape index (κ1) is 25.6. The highest BCUT2D eigenvalue weighted by atomic mass is 35.5. The summed E-state index contributed by atoms with van der Waals surface area (Å²) in [7, 11) is 1.47. The smallest absolute Gasteiger partial charge is 0.416 e. The fourth-order valence-corrected chi connectivity index (χ4v) is 4.32. The van der Waals surface area contributed by atoms with Crippen molar-refractivity contribution in [2.24, 2.45) is 0 Å². The van der Waals surface area contributed by atoms with Crippen molar-refractivity contribution in [2.75, 3.05) is 7.11 Å². The summed E-state index contributed by atoms with van der Waals surface area (Å²) in [6.45, 7) is -0.302. The van der Waals surface area contributed by atoms with Crippen molar-refractivity contribution in [3.63, 3.8) is 0 Å². The SMILES string of the molecule is COc1ccc(C2/C(=C(\O)c3ccc(Cl)c(Cl)c3)C(=O)C(=O)N2Cc2cccc(C(F)(F)F)c2)cc1. The van der Waals surface area contributed by atoms with Crippen LogP contribution in [0.5, 0.6) is 5.75 Å². The number of alkyl halides is 3. The Balaban J connectivity index is 1.85. The van der Waals surface area contributed by atoms with Crippen LogP contribution < -0.4 is 4.74 Å². The zero-order valence-electron chi connectivity index (χ0n) is 18.6. The number of ketones is 1. The lowest BCUT2D eigenvalue weighted by molar-refractivity contribution is -0.140. The Hall–Kier alpha value is -3.49. The number of halogens is 5. The maximum Gasteiger partial charge on any atom is 0.416 e. The summed E-state index contributed by atoms with van der Waals surface area (Å²) in [6.07, 6.45) is -4.58. The molecular formula is C26H18Cl2F3NO4. The van der Waals surface area contributed by atoms with Crippen LogP contribution in [-0.2, 0) is 22.3 Å². The van der Waals surface area contributed by atoms with Crippen molar-refractivity contribution in [3.8, 4) is 5.75 Å². The molecule has 0 radical (unpaired) electrons. The molecule has 3 aromatic carbocycles. The van der Waals surface area contributed by atoms with E-state index in [0.29, 0.717) is 11.3 Å². The standard InChI is InChI=1S/C26H18Cl2F3NO4/c1-36-18-8-5-15(6-9-18)22-21(23(33)16-7-10-19(27)20(28)12-16)24(34)25(35)32(22)13-14-3-2-4-17(11-14)26(29,30)31/h2-12,22,33H,13H2,1H3/b23-21+. The van der Waals surface area contributed by atoms with Crippen LogP contribution in [0.25, 0.3) is 5.76 Å². The first-order valence-electron chi connectivity index (χ1n) is 10.5. The number of likely N-dealkylation sites (tertiary alicyclic amines) is 1. The van der Waals surface area contributed by atoms with Crippen LogP contribution in [0.3, 0.4) is 0 Å². The molecular weight excluding hydrogens is 518 g/mol. The van der Waals surface area contributed by atoms with E-state index in [0.717, 1.165) is 17.0 Å². The molecule has 0 saturated carbocycles. The van der Waals surface area contributed by atoms with E-state index < -0.39 is 35.2 Å². The van der Waals surface area contributed by atoms with E-state index in [9.17, 15) is 27.9 Å². The topological polar surface area (TPSA) is 66.8 Å². The number of rotatable bonds is 5. The monoisotopic (exact) mass is 535 g/mol. The van der Waals surface area contributed by atoms with Gasteiger partial charge < -0.3 is 14.7 Å². The average Bonchev–Trinajstić information content (AvgIpc) is 3.10. The van der Waals surface area contributed by atoms with Gasteiger partial charge in [-0.3, -0.25) is 9.59 Å². The number of methoxy groups -OCH3 is 1. The summed E-state index contributed by atoms with van der Waals surface area (Å²) in [4.78, 5) is 27.4. The maximum absolute atomic E-state index is 13.2. The third-order valence-electron chi connectivity index (χ3n) is 5.77. The largest absolute Gasteiger partial charge is 0.507 e. The van der Waals surface area contributed by atoms with Gasteiger partial charge in [-0.25, -0.2) is 0 Å². The summed E-state index contributed by atoms with van der Waals surface area (Å²) in [5, 5.41) is 11.4. The summed E-state index contributed by atoms with van der Waals surface area (Å²) >= 11 is 12.0. The van der Waals surface area contributed by atoms with Crippen LogP contribution in [-0.4, -0.2) is 28.8 Å². The number of Topliss-reactive ketones (excluding diaryl/α,β-unsaturated/α-hetero) is 1. The minimum atomic E-state index is -4.58. The molecule has 1 aliphatic rings. The van der Waals surface area contributed by atoms with E-state index in [2.05, 4.69) is 0 Å². The van der Waals surface area contributed by atoms with E-state index in [1.165, 1.54) is 37.4 Å². The normalized spacial score (nSPS) is 17.5. The van der Waals surface area contributed by atoms with Crippen molar-refractivity contribution < 1.29 is 32.6 Å². The van der Waals surface area contributed by atoms with E-state index in [1.54, 1.807) is 24.3 Å². The Morgan fingerprint density at radius 3 is 2.31 bits per heavy atom. The van der Waals surface area contributed by atoms with Gasteiger partial charge in [0, 0.05) is 12.1 Å². The fourth-order valence-electron chi connectivity index (χ4n) is 4.02. The van der Waals surface area contributed by atoms with E-state index >= 15 is 0 Å². The second-order valence-corrected chi connectivity index (χ2v) is 8.84. The molecule has 1 aliphatic heterocycles. The fraction of sp³-hybridized carbons (Fsp3) is 0.154. The molecule has 10 heteroatoms. The number of amides is 1. The second-order valence-electron chi connectivity index (χ2n) is 8.03. The van der Waals surface area contributed by atoms with E-state index in [4.69, 9.17) is 27.9 Å². The quantitative estimate of drug-likeness (QED) is 0.226. The van der Waals surface area contributed by atoms with Crippen LogP contribution in [0.2, 0.25) is 10.0 Å². The van der Waals surface area contributed by atoms with Gasteiger partial charge in [0.25, 0.3) is 11.7 Å². The highest BCUT2D eigenvalue weighted by Gasteiger charge is 2.46. The lowest BCUT2D eigenvalue weighted by Gasteiger charge is -2.26. The van der Waals surface area contributed by atoms with Crippen LogP contribution >= 0.6 is 23.2 Å². The highest BCUT2D eigenvalue weighted by Crippen LogP contribution is 2.41. The number of carbonyl (C=O) groups excluding carboxylic acids is 2. The molecule has 0 aliphatic carbocycles. The van der Waals surface area contributed by atoms with Crippen molar-refractivity contribution in [1.29, 1.82) is 0 Å². The number of aliphatic hydroxyl groups excluding tert-OH is 1. The van der Waals surface area contributed by atoms with Crippen molar-refractivity contribution in [2.45, 2.75) is 18.8 Å². The molecule has 1 heterocycles. The van der Waals surface area contributed by atoms with E-state index in [-0.39, 0.29) is 33.3 Å². The minimum absolute atomic E-state index is 0.125. The van der Waals surface area contributed by atoms with Crippen molar-refractivity contribution in [3.05, 3.63) is 105 Å². The Morgan fingerprint density at radius 1 is 1.00 bits per heavy atom. The number of ether oxygens (including phenoxy) is 1. The minimum Gasteiger partial charge on any atom is -0.507 e. The van der Waals surface area contributed by atoms with Crippen molar-refractivity contribution >= 4 is 40.7 Å². The first-order valence-corrected chi connectivity index (χ1v) is 11.3. The molecule has 3 aromatic rings. The Kier molecular flexibility index (Phi) is 7.02. The number of hydrogen-bond acceptors (Lipinski definition) is 4. The number of aliphatic hydroxyl groups is 1. The molecule has 36 heavy (non-hydrogen) atoms. The Bertz CT molecular complexity index is 1370. The molecule has 0 bridgehead atoms. The number of hydrogen-bond donors (Lipinski definition) is 1. The molecule has 0 aromatic heterocycles. The Labute approximate surface area is 214 Å². The molecule has 4 rings (SSSR count). The second kappa shape index (κ2) is 9.87. The van der Waals surface area contributed by atoms with Crippen LogP contribution in [0.1, 0.15) is 28.3 Å². The maximum atomic E-state index is 13.2. The highest BCUT2D eigenvalue weighted by molar-refractivity contribution is 6.46. The number of carbonyl (C=O) groups is 2. The summed E-state index contributed by atoms with van der Waals surface area (Å²) in [5.41, 5.74) is -0.341. The number of benzene rings is 3. The van der Waals surface area contributed by atoms with Gasteiger partial charge in [-0.05, 0) is 53.6 Å². The van der Waals surface area contributed by atoms with Gasteiger partial charge >= 0.3 is 6.18 Å². The Morgan fingerprint density at radius 2 is 1.69 bits per heavy atom. The van der Waals surface area contributed by atoms with Gasteiger partial charge in [0.05, 0.1) is 34.3 Å². The summed E-state index contributed by atoms with van der Waals surface area (Å²) in [5.74, 6) is -1.92. The third-order valence-corrected chi connectivity index (χ3v) is 6.51. The molecule has 0 spiro atoms. The molecule has 1 amide bonds. The van der Waals surface area contributed by atoms with Crippen LogP contribution in [0, 0.1) is 0 Å². The van der Waals surface area contributed by atoms with Gasteiger partial charge in [0.2, 0.25) is 0 Å². The third kappa shape index (κ3) is 4.92. The van der Waals surface area contributed by atoms with Gasteiger partial charge in [-0.1, -0.05) is 47.5 Å². The molecule has 1 fully saturated rings. The lowest BCUT2D eigenvalue weighted by Crippen LogP contribution is -2.29. The van der Waals surface area contributed by atoms with Gasteiger partial charge in [-0.15, -0.1) is 0 Å². The molecule has 1 N–H and O–H groups in total. The zero-order chi connectivity index (χ0) is 26.2. The number of nitrogens with zero attached hydrogens (tertiary/aromatic N) is 1. The summed E-state index contributed by atoms with van der Waals surface area (Å²) < 4.78 is 44.9. The van der Waals surface area contributed by atoms with Gasteiger partial charge in [0.15, 0.2) is 0 Å².